The molecule has 0 aliphatic heterocycles. The predicted octanol–water partition coefficient (Wildman–Crippen LogP) is 14.0. The van der Waals surface area contributed by atoms with Crippen LogP contribution in [-0.4, -0.2) is 19.5 Å². The number of aromatic amines is 1. The zero-order valence-corrected chi connectivity index (χ0v) is 30.6. The summed E-state index contributed by atoms with van der Waals surface area (Å²) in [5.41, 5.74) is 0. The molecule has 0 unspecified atom stereocenters. The fourth-order valence-electron chi connectivity index (χ4n) is 6.36. The lowest BCUT2D eigenvalue weighted by atomic mass is 10.0. The normalized spacial score (nSPS) is 11.2. The lowest BCUT2D eigenvalue weighted by Crippen LogP contribution is -1.93. The van der Waals surface area contributed by atoms with Gasteiger partial charge >= 0.3 is 0 Å². The molecule has 262 valence electrons. The fraction of sp³-hybridized carbons (Fsp3) is 0.854. The Morgan fingerprint density at radius 1 is 0.467 bits per heavy atom. The van der Waals surface area contributed by atoms with Crippen LogP contribution in [0, 0.1) is 0 Å². The van der Waals surface area contributed by atoms with Crippen LogP contribution in [0.1, 0.15) is 219 Å². The van der Waals surface area contributed by atoms with E-state index in [1.165, 1.54) is 199 Å². The number of nitrogens with zero attached hydrogens (tertiary/aromatic N) is 3. The van der Waals surface area contributed by atoms with Gasteiger partial charge in [-0.3, -0.25) is 0 Å². The van der Waals surface area contributed by atoms with Crippen molar-refractivity contribution in [2.45, 2.75) is 226 Å². The smallest absolute Gasteiger partial charge is 0.105 e. The summed E-state index contributed by atoms with van der Waals surface area (Å²) in [6, 6.07) is 0. The van der Waals surface area contributed by atoms with Crippen molar-refractivity contribution in [3.8, 4) is 0 Å². The van der Waals surface area contributed by atoms with Crippen molar-refractivity contribution in [2.75, 3.05) is 0 Å². The number of H-pyrrole nitrogens is 1. The van der Waals surface area contributed by atoms with Gasteiger partial charge in [0.2, 0.25) is 0 Å². The summed E-state index contributed by atoms with van der Waals surface area (Å²) in [5.74, 6) is 1.15. The Morgan fingerprint density at radius 3 is 1.18 bits per heavy atom. The average molecular weight is 627 g/mol. The zero-order chi connectivity index (χ0) is 32.1. The molecular weight excluding hydrogens is 548 g/mol. The van der Waals surface area contributed by atoms with Gasteiger partial charge in [-0.25, -0.2) is 9.97 Å². The number of imidazole rings is 2. The highest BCUT2D eigenvalue weighted by Crippen LogP contribution is 2.15. The summed E-state index contributed by atoms with van der Waals surface area (Å²) in [5, 5.41) is 0. The third kappa shape index (κ3) is 30.8. The van der Waals surface area contributed by atoms with E-state index >= 15 is 0 Å². The molecule has 0 aliphatic rings. The van der Waals surface area contributed by atoms with Gasteiger partial charge in [-0.05, 0) is 12.8 Å². The number of aromatic nitrogens is 4. The van der Waals surface area contributed by atoms with Gasteiger partial charge in [-0.1, -0.05) is 200 Å². The monoisotopic (exact) mass is 627 g/mol. The molecule has 45 heavy (non-hydrogen) atoms. The number of hydrogen-bond acceptors (Lipinski definition) is 2. The third-order valence-corrected chi connectivity index (χ3v) is 9.40. The summed E-state index contributed by atoms with van der Waals surface area (Å²) < 4.78 is 2.18. The van der Waals surface area contributed by atoms with Crippen molar-refractivity contribution >= 4 is 0 Å². The van der Waals surface area contributed by atoms with Crippen LogP contribution in [0.25, 0.3) is 0 Å². The summed E-state index contributed by atoms with van der Waals surface area (Å²) in [7, 11) is 0. The van der Waals surface area contributed by atoms with E-state index in [2.05, 4.69) is 39.6 Å². The van der Waals surface area contributed by atoms with E-state index in [0.717, 1.165) is 18.8 Å². The molecule has 0 radical (unpaired) electrons. The highest BCUT2D eigenvalue weighted by atomic mass is 15.0. The minimum Gasteiger partial charge on any atom is -0.349 e. The lowest BCUT2D eigenvalue weighted by molar-refractivity contribution is 0.521. The fourth-order valence-corrected chi connectivity index (χ4v) is 6.36. The molecule has 2 aromatic rings. The molecule has 2 rings (SSSR count). The van der Waals surface area contributed by atoms with Crippen LogP contribution < -0.4 is 0 Å². The first-order valence-corrected chi connectivity index (χ1v) is 20.3. The second kappa shape index (κ2) is 35.3. The Balaban J connectivity index is 0.000000450. The minimum atomic E-state index is 1.12. The van der Waals surface area contributed by atoms with Crippen LogP contribution in [0.3, 0.4) is 0 Å². The predicted molar refractivity (Wildman–Crippen MR) is 199 cm³/mol. The number of aryl methyl sites for hydroxylation is 2. The molecule has 4 heteroatoms. The molecule has 0 bridgehead atoms. The first-order valence-electron chi connectivity index (χ1n) is 20.3. The Bertz CT molecular complexity index is 755. The van der Waals surface area contributed by atoms with E-state index < -0.39 is 0 Å². The van der Waals surface area contributed by atoms with Gasteiger partial charge < -0.3 is 9.55 Å². The number of hydrogen-bond donors (Lipinski definition) is 1. The summed E-state index contributed by atoms with van der Waals surface area (Å²) >= 11 is 0. The van der Waals surface area contributed by atoms with Crippen LogP contribution in [-0.2, 0) is 13.0 Å². The van der Waals surface area contributed by atoms with E-state index in [9.17, 15) is 0 Å². The Labute approximate surface area is 281 Å². The average Bonchev–Trinajstić information content (AvgIpc) is 3.78. The Hall–Kier alpha value is -1.58. The largest absolute Gasteiger partial charge is 0.349 e. The van der Waals surface area contributed by atoms with Crippen LogP contribution in [0.5, 0.6) is 0 Å². The second-order valence-corrected chi connectivity index (χ2v) is 13.8. The molecule has 0 aromatic carbocycles. The first kappa shape index (κ1) is 41.4. The molecule has 4 nitrogen and oxygen atoms in total. The van der Waals surface area contributed by atoms with Crippen molar-refractivity contribution in [1.29, 1.82) is 0 Å². The Morgan fingerprint density at radius 2 is 0.844 bits per heavy atom. The topological polar surface area (TPSA) is 46.5 Å². The molecule has 0 saturated heterocycles. The molecule has 2 aromatic heterocycles. The summed E-state index contributed by atoms with van der Waals surface area (Å²) in [6.45, 7) is 5.72. The van der Waals surface area contributed by atoms with Gasteiger partial charge in [-0.15, -0.1) is 0 Å². The summed E-state index contributed by atoms with van der Waals surface area (Å²) in [6.07, 6.45) is 55.1. The molecule has 0 fully saturated rings. The maximum absolute atomic E-state index is 4.26. The zero-order valence-electron chi connectivity index (χ0n) is 30.6. The quantitative estimate of drug-likeness (QED) is 0.0801. The van der Waals surface area contributed by atoms with E-state index in [1.807, 2.05) is 24.9 Å². The lowest BCUT2D eigenvalue weighted by Gasteiger charge is -2.04. The highest BCUT2D eigenvalue weighted by Gasteiger charge is 1.97. The third-order valence-electron chi connectivity index (χ3n) is 9.40. The maximum Gasteiger partial charge on any atom is 0.105 e. The molecule has 0 aliphatic carbocycles. The van der Waals surface area contributed by atoms with E-state index in [0.29, 0.717) is 0 Å². The van der Waals surface area contributed by atoms with Gasteiger partial charge in [0.25, 0.3) is 0 Å². The number of rotatable bonds is 33. The van der Waals surface area contributed by atoms with Crippen molar-refractivity contribution in [1.82, 2.24) is 19.5 Å². The SMILES string of the molecule is CCCCCCCCCCCCCCCCCCn1ccnc1.CCCCCCCCCCCCCCCCCc1ncc[nH]1. The molecule has 0 spiro atoms. The van der Waals surface area contributed by atoms with Crippen LogP contribution in [0.15, 0.2) is 31.1 Å². The van der Waals surface area contributed by atoms with Crippen molar-refractivity contribution in [2.24, 2.45) is 0 Å². The van der Waals surface area contributed by atoms with Gasteiger partial charge in [0.15, 0.2) is 0 Å². The van der Waals surface area contributed by atoms with Crippen molar-refractivity contribution in [3.63, 3.8) is 0 Å². The number of nitrogens with one attached hydrogen (secondary N) is 1. The Kier molecular flexibility index (Phi) is 32.5. The van der Waals surface area contributed by atoms with Crippen LogP contribution in [0.2, 0.25) is 0 Å². The molecule has 0 saturated carbocycles. The maximum atomic E-state index is 4.26. The van der Waals surface area contributed by atoms with Crippen molar-refractivity contribution in [3.05, 3.63) is 36.9 Å². The van der Waals surface area contributed by atoms with Crippen LogP contribution in [0.4, 0.5) is 0 Å². The minimum absolute atomic E-state index is 1.12. The molecule has 0 atom stereocenters. The van der Waals surface area contributed by atoms with E-state index in [-0.39, 0.29) is 0 Å². The summed E-state index contributed by atoms with van der Waals surface area (Å²) in [4.78, 5) is 11.5. The standard InChI is InChI=1S/C21H40N2.C20H38N2/c1-2-3-4-5-6-7-8-9-10-11-12-13-14-15-16-17-19-23-20-18-22-21-23;1-2-3-4-5-6-7-8-9-10-11-12-13-14-15-16-17-20-21-18-19-22-20/h18,20-21H,2-17,19H2,1H3;18-19H,2-17H2,1H3,(H,21,22). The van der Waals surface area contributed by atoms with Gasteiger partial charge in [0.1, 0.15) is 5.82 Å². The molecule has 2 heterocycles. The van der Waals surface area contributed by atoms with E-state index in [4.69, 9.17) is 0 Å². The molecule has 0 amide bonds. The van der Waals surface area contributed by atoms with E-state index in [1.54, 1.807) is 0 Å². The second-order valence-electron chi connectivity index (χ2n) is 13.8. The molecule has 1 N–H and O–H groups in total. The van der Waals surface area contributed by atoms with Crippen LogP contribution >= 0.6 is 0 Å². The first-order chi connectivity index (χ1) is 22.4. The van der Waals surface area contributed by atoms with Crippen molar-refractivity contribution < 1.29 is 0 Å². The highest BCUT2D eigenvalue weighted by molar-refractivity contribution is 4.86. The van der Waals surface area contributed by atoms with Gasteiger partial charge in [-0.2, -0.15) is 0 Å². The number of unbranched alkanes of at least 4 members (excludes halogenated alkanes) is 29. The van der Waals surface area contributed by atoms with Gasteiger partial charge in [0.05, 0.1) is 6.33 Å². The van der Waals surface area contributed by atoms with Gasteiger partial charge in [0, 0.05) is 37.8 Å². The molecular formula is C41H78N4.